The van der Waals surface area contributed by atoms with Gasteiger partial charge in [-0.2, -0.15) is 0 Å². The molecular weight excluding hydrogens is 328 g/mol. The quantitative estimate of drug-likeness (QED) is 0.260. The van der Waals surface area contributed by atoms with Crippen molar-refractivity contribution in [3.63, 3.8) is 0 Å². The summed E-state index contributed by atoms with van der Waals surface area (Å²) in [6, 6.07) is 16.3. The number of non-ortho nitro benzene ring substituents is 1. The molecule has 4 rings (SSSR count). The second-order valence-corrected chi connectivity index (χ2v) is 6.08. The molecule has 0 amide bonds. The first-order chi connectivity index (χ1) is 12.5. The fraction of sp³-hybridized carbons (Fsp3) is 0.0500. The number of nitrogens with two attached hydrogens (primary N) is 1. The third kappa shape index (κ3) is 2.57. The number of rotatable bonds is 3. The predicted molar refractivity (Wildman–Crippen MR) is 106 cm³/mol. The monoisotopic (exact) mass is 344 g/mol. The Morgan fingerprint density at radius 1 is 1.04 bits per heavy atom. The molecule has 3 aromatic carbocycles. The van der Waals surface area contributed by atoms with Gasteiger partial charge >= 0.3 is 0 Å². The first kappa shape index (κ1) is 15.8. The molecule has 0 radical (unpaired) electrons. The van der Waals surface area contributed by atoms with Crippen molar-refractivity contribution in [2.24, 2.45) is 10.7 Å². The van der Waals surface area contributed by atoms with Gasteiger partial charge in [0.2, 0.25) is 5.96 Å². The van der Waals surface area contributed by atoms with Crippen LogP contribution >= 0.6 is 0 Å². The highest BCUT2D eigenvalue weighted by molar-refractivity contribution is 6.10. The Labute approximate surface area is 150 Å². The van der Waals surface area contributed by atoms with Gasteiger partial charge in [0, 0.05) is 30.3 Å². The van der Waals surface area contributed by atoms with E-state index in [1.165, 1.54) is 28.6 Å². The molecule has 1 aliphatic rings. The first-order valence-electron chi connectivity index (χ1n) is 8.11. The molecule has 26 heavy (non-hydrogen) atoms. The maximum Gasteiger partial charge on any atom is 0.269 e. The summed E-state index contributed by atoms with van der Waals surface area (Å²) < 4.78 is 0. The third-order valence-electron chi connectivity index (χ3n) is 4.55. The van der Waals surface area contributed by atoms with Gasteiger partial charge in [-0.25, -0.2) is 4.99 Å². The van der Waals surface area contributed by atoms with Crippen LogP contribution < -0.4 is 10.6 Å². The van der Waals surface area contributed by atoms with Crippen LogP contribution in [0.4, 0.5) is 17.1 Å². The molecule has 0 unspecified atom stereocenters. The van der Waals surface area contributed by atoms with Crippen LogP contribution in [0.3, 0.4) is 0 Å². The van der Waals surface area contributed by atoms with E-state index < -0.39 is 4.92 Å². The van der Waals surface area contributed by atoms with Crippen molar-refractivity contribution >= 4 is 45.9 Å². The van der Waals surface area contributed by atoms with E-state index in [4.69, 9.17) is 5.73 Å². The highest BCUT2D eigenvalue weighted by atomic mass is 16.6. The van der Waals surface area contributed by atoms with E-state index in [2.05, 4.69) is 23.2 Å². The number of anilines is 1. The van der Waals surface area contributed by atoms with Gasteiger partial charge in [-0.05, 0) is 34.7 Å². The fourth-order valence-corrected chi connectivity index (χ4v) is 3.13. The lowest BCUT2D eigenvalue weighted by molar-refractivity contribution is -0.384. The summed E-state index contributed by atoms with van der Waals surface area (Å²) in [5.74, 6) is 0.311. The average molecular weight is 344 g/mol. The molecule has 0 atom stereocenters. The van der Waals surface area contributed by atoms with Gasteiger partial charge < -0.3 is 10.6 Å². The maximum atomic E-state index is 10.8. The van der Waals surface area contributed by atoms with Crippen LogP contribution in [0.25, 0.3) is 22.9 Å². The normalized spacial score (nSPS) is 12.6. The number of nitro benzene ring substituents is 1. The van der Waals surface area contributed by atoms with Crippen molar-refractivity contribution in [2.75, 3.05) is 11.9 Å². The molecule has 1 aliphatic carbocycles. The van der Waals surface area contributed by atoms with Crippen molar-refractivity contribution in [3.8, 4) is 0 Å². The second kappa shape index (κ2) is 6.00. The van der Waals surface area contributed by atoms with Crippen molar-refractivity contribution < 1.29 is 4.92 Å². The van der Waals surface area contributed by atoms with Gasteiger partial charge in [-0.3, -0.25) is 10.1 Å². The molecule has 3 aromatic rings. The molecule has 0 spiro atoms. The van der Waals surface area contributed by atoms with Crippen molar-refractivity contribution in [1.82, 2.24) is 0 Å². The predicted octanol–water partition coefficient (Wildman–Crippen LogP) is 4.31. The largest absolute Gasteiger partial charge is 0.369 e. The number of hydrogen-bond donors (Lipinski definition) is 1. The van der Waals surface area contributed by atoms with Crippen molar-refractivity contribution in [1.29, 1.82) is 0 Å². The van der Waals surface area contributed by atoms with Crippen LogP contribution in [0.1, 0.15) is 11.1 Å². The molecule has 0 saturated heterocycles. The number of aliphatic imine (C=N–C) groups is 1. The summed E-state index contributed by atoms with van der Waals surface area (Å²) in [6.45, 7) is 0. The zero-order valence-electron chi connectivity index (χ0n) is 14.1. The summed E-state index contributed by atoms with van der Waals surface area (Å²) in [6.07, 6.45) is 4.19. The molecule has 0 heterocycles. The summed E-state index contributed by atoms with van der Waals surface area (Å²) in [4.78, 5) is 16.6. The van der Waals surface area contributed by atoms with Gasteiger partial charge in [0.1, 0.15) is 0 Å². The van der Waals surface area contributed by atoms with E-state index in [1.807, 2.05) is 24.3 Å². The standard InChI is InChI=1S/C20H16N4O2/c1-23(15-8-10-16(11-9-15)24(25)26)20(21)22-18-12-7-14-6-5-13-3-2-4-17(18)19(13)14/h2-12H,1H3,(H2,21,22). The Morgan fingerprint density at radius 2 is 1.73 bits per heavy atom. The minimum absolute atomic E-state index is 0.0395. The van der Waals surface area contributed by atoms with Gasteiger partial charge in [-0.1, -0.05) is 36.4 Å². The molecule has 0 aliphatic heterocycles. The Kier molecular flexibility index (Phi) is 3.65. The zero-order chi connectivity index (χ0) is 18.3. The summed E-state index contributed by atoms with van der Waals surface area (Å²) in [5, 5.41) is 13.0. The fourth-order valence-electron chi connectivity index (χ4n) is 3.13. The van der Waals surface area contributed by atoms with Crippen LogP contribution in [-0.4, -0.2) is 17.9 Å². The number of guanidine groups is 1. The molecule has 128 valence electrons. The molecule has 0 saturated carbocycles. The topological polar surface area (TPSA) is 84.8 Å². The van der Waals surface area contributed by atoms with E-state index in [0.29, 0.717) is 5.96 Å². The molecule has 0 aromatic heterocycles. The first-order valence-corrected chi connectivity index (χ1v) is 8.11. The molecule has 6 heteroatoms. The van der Waals surface area contributed by atoms with Crippen molar-refractivity contribution in [2.45, 2.75) is 0 Å². The maximum absolute atomic E-state index is 10.8. The Bertz CT molecular complexity index is 1070. The zero-order valence-corrected chi connectivity index (χ0v) is 14.1. The van der Waals surface area contributed by atoms with Crippen LogP contribution in [0.15, 0.2) is 59.6 Å². The number of hydrogen-bond acceptors (Lipinski definition) is 3. The molecule has 0 bridgehead atoms. The lowest BCUT2D eigenvalue weighted by Crippen LogP contribution is -2.33. The third-order valence-corrected chi connectivity index (χ3v) is 4.55. The van der Waals surface area contributed by atoms with E-state index >= 15 is 0 Å². The van der Waals surface area contributed by atoms with Crippen molar-refractivity contribution in [3.05, 3.63) is 75.8 Å². The molecule has 6 nitrogen and oxygen atoms in total. The number of nitro groups is 1. The summed E-state index contributed by atoms with van der Waals surface area (Å²) in [7, 11) is 1.78. The Hall–Kier alpha value is -3.67. The number of benzene rings is 3. The Morgan fingerprint density at radius 3 is 2.42 bits per heavy atom. The minimum atomic E-state index is -0.429. The summed E-state index contributed by atoms with van der Waals surface area (Å²) in [5.41, 5.74) is 10.1. The van der Waals surface area contributed by atoms with Gasteiger partial charge in [-0.15, -0.1) is 0 Å². The molecule has 0 fully saturated rings. The van der Waals surface area contributed by atoms with Gasteiger partial charge in [0.05, 0.1) is 10.6 Å². The SMILES string of the molecule is CN(C(N)=Nc1ccc2c3c(cccc13)C=C2)c1ccc([N+](=O)[O-])cc1. The Balaban J connectivity index is 1.70. The highest BCUT2D eigenvalue weighted by Crippen LogP contribution is 2.36. The van der Waals surface area contributed by atoms with Crippen LogP contribution in [-0.2, 0) is 0 Å². The van der Waals surface area contributed by atoms with E-state index in [1.54, 1.807) is 24.1 Å². The summed E-state index contributed by atoms with van der Waals surface area (Å²) >= 11 is 0. The van der Waals surface area contributed by atoms with E-state index in [9.17, 15) is 10.1 Å². The molecular formula is C20H16N4O2. The van der Waals surface area contributed by atoms with Crippen LogP contribution in [0.2, 0.25) is 0 Å². The minimum Gasteiger partial charge on any atom is -0.369 e. The lowest BCUT2D eigenvalue weighted by atomic mass is 10.0. The van der Waals surface area contributed by atoms with E-state index in [0.717, 1.165) is 16.8 Å². The average Bonchev–Trinajstić information content (AvgIpc) is 3.08. The molecule has 2 N–H and O–H groups in total. The van der Waals surface area contributed by atoms with E-state index in [-0.39, 0.29) is 5.69 Å². The smallest absolute Gasteiger partial charge is 0.269 e. The highest BCUT2D eigenvalue weighted by Gasteiger charge is 2.13. The van der Waals surface area contributed by atoms with Crippen LogP contribution in [0.5, 0.6) is 0 Å². The van der Waals surface area contributed by atoms with Gasteiger partial charge in [0.25, 0.3) is 5.69 Å². The van der Waals surface area contributed by atoms with Crippen LogP contribution in [0, 0.1) is 10.1 Å². The van der Waals surface area contributed by atoms with Gasteiger partial charge in [0.15, 0.2) is 0 Å². The lowest BCUT2D eigenvalue weighted by Gasteiger charge is -2.18. The second-order valence-electron chi connectivity index (χ2n) is 6.08. The number of nitrogens with zero attached hydrogens (tertiary/aromatic N) is 3.